The number of aryl methyl sites for hydroxylation is 6. The lowest BCUT2D eigenvalue weighted by Crippen LogP contribution is -2.21. The van der Waals surface area contributed by atoms with Crippen LogP contribution in [0.3, 0.4) is 0 Å². The number of aromatic nitrogens is 8. The standard InChI is InChI=1S/C35H40N10O2/c1-4-44-31-25(24(3)41-44)14-6-5-11-21-45-30(22-23(2)40-45)32(46)38-34-36-26-15-7-9-17-28(26)42(34)19-12-13-20-43-29-18-10-8-16-27(29)37-35(43)39-33(31)47/h7-10,15-18,22H,4-6,11-14,19-21H2,1-3H3,(H,36,38,46)(H,37,39,47). The van der Waals surface area contributed by atoms with Gasteiger partial charge in [0, 0.05) is 31.7 Å². The molecule has 0 fully saturated rings. The molecule has 0 aliphatic carbocycles. The molecule has 7 rings (SSSR count). The van der Waals surface area contributed by atoms with Crippen LogP contribution in [-0.2, 0) is 32.6 Å². The van der Waals surface area contributed by atoms with Gasteiger partial charge in [-0.25, -0.2) is 9.97 Å². The minimum Gasteiger partial charge on any atom is -0.310 e. The molecule has 0 saturated heterocycles. The Bertz CT molecular complexity index is 2100. The Labute approximate surface area is 272 Å². The fourth-order valence-electron chi connectivity index (χ4n) is 6.70. The van der Waals surface area contributed by atoms with Crippen molar-refractivity contribution < 1.29 is 9.59 Å². The summed E-state index contributed by atoms with van der Waals surface area (Å²) in [4.78, 5) is 37.3. The van der Waals surface area contributed by atoms with Crippen LogP contribution in [0, 0.1) is 13.8 Å². The van der Waals surface area contributed by atoms with Gasteiger partial charge in [0.25, 0.3) is 11.8 Å². The second-order valence-electron chi connectivity index (χ2n) is 12.2. The minimum atomic E-state index is -0.223. The number of anilines is 2. The fourth-order valence-corrected chi connectivity index (χ4v) is 6.70. The van der Waals surface area contributed by atoms with E-state index in [1.54, 1.807) is 9.36 Å². The van der Waals surface area contributed by atoms with Crippen LogP contribution in [0.15, 0.2) is 54.6 Å². The van der Waals surface area contributed by atoms with Gasteiger partial charge in [-0.3, -0.25) is 29.6 Å². The van der Waals surface area contributed by atoms with Crippen molar-refractivity contribution in [1.29, 1.82) is 0 Å². The molecule has 12 heteroatoms. The average Bonchev–Trinajstić information content (AvgIpc) is 3.80. The average molecular weight is 633 g/mol. The quantitative estimate of drug-likeness (QED) is 0.225. The number of carbonyl (C=O) groups is 2. The summed E-state index contributed by atoms with van der Waals surface area (Å²) < 4.78 is 7.76. The van der Waals surface area contributed by atoms with Crippen molar-refractivity contribution in [2.75, 3.05) is 10.6 Å². The number of fused-ring (bicyclic) bond motifs is 8. The van der Waals surface area contributed by atoms with Gasteiger partial charge >= 0.3 is 0 Å². The highest BCUT2D eigenvalue weighted by Gasteiger charge is 2.24. The van der Waals surface area contributed by atoms with Crippen LogP contribution >= 0.6 is 0 Å². The first-order valence-corrected chi connectivity index (χ1v) is 16.5. The van der Waals surface area contributed by atoms with Gasteiger partial charge < -0.3 is 9.13 Å². The zero-order valence-electron chi connectivity index (χ0n) is 27.2. The van der Waals surface area contributed by atoms with Crippen LogP contribution in [0.1, 0.15) is 77.0 Å². The Balaban J connectivity index is 1.25. The maximum atomic E-state index is 14.0. The molecule has 0 radical (unpaired) electrons. The molecular weight excluding hydrogens is 592 g/mol. The maximum absolute atomic E-state index is 14.0. The molecule has 5 heterocycles. The SMILES string of the molecule is CCn1nc(C)c2c1C(=O)Nc1nc3ccccc3n1CCCCn1c(nc3ccccc31)NC(=O)c1cc(C)nn1CCCCC2. The van der Waals surface area contributed by atoms with E-state index in [0.29, 0.717) is 49.5 Å². The van der Waals surface area contributed by atoms with Crippen molar-refractivity contribution in [3.8, 4) is 0 Å². The number of nitrogens with one attached hydrogen (secondary N) is 2. The van der Waals surface area contributed by atoms with Crippen LogP contribution in [0.25, 0.3) is 22.1 Å². The van der Waals surface area contributed by atoms with Gasteiger partial charge in [-0.2, -0.15) is 10.2 Å². The molecule has 47 heavy (non-hydrogen) atoms. The zero-order valence-corrected chi connectivity index (χ0v) is 27.2. The molecule has 4 aromatic heterocycles. The summed E-state index contributed by atoms with van der Waals surface area (Å²) in [6.07, 6.45) is 4.97. The highest BCUT2D eigenvalue weighted by atomic mass is 16.2. The van der Waals surface area contributed by atoms with Crippen molar-refractivity contribution in [3.63, 3.8) is 0 Å². The second-order valence-corrected chi connectivity index (χ2v) is 12.2. The molecule has 2 N–H and O–H groups in total. The lowest BCUT2D eigenvalue weighted by molar-refractivity contribution is 0.100. The zero-order chi connectivity index (χ0) is 32.5. The molecule has 0 spiro atoms. The number of benzene rings is 2. The molecule has 1 aliphatic rings. The number of imidazole rings is 2. The predicted octanol–water partition coefficient (Wildman–Crippen LogP) is 6.13. The fraction of sp³-hybridized carbons (Fsp3) is 0.371. The van der Waals surface area contributed by atoms with E-state index in [-0.39, 0.29) is 11.8 Å². The predicted molar refractivity (Wildman–Crippen MR) is 182 cm³/mol. The molecule has 2 aromatic carbocycles. The van der Waals surface area contributed by atoms with Crippen molar-refractivity contribution in [2.24, 2.45) is 0 Å². The van der Waals surface area contributed by atoms with E-state index in [9.17, 15) is 9.59 Å². The summed E-state index contributed by atoms with van der Waals surface area (Å²) in [7, 11) is 0. The smallest absolute Gasteiger partial charge is 0.276 e. The molecule has 0 bridgehead atoms. The van der Waals surface area contributed by atoms with E-state index in [1.807, 2.05) is 75.4 Å². The topological polar surface area (TPSA) is 129 Å². The van der Waals surface area contributed by atoms with E-state index in [0.717, 1.165) is 77.5 Å². The molecule has 242 valence electrons. The van der Waals surface area contributed by atoms with Gasteiger partial charge in [0.05, 0.1) is 33.5 Å². The van der Waals surface area contributed by atoms with Crippen LogP contribution < -0.4 is 10.6 Å². The number of rotatable bonds is 1. The van der Waals surface area contributed by atoms with Gasteiger partial charge in [0.15, 0.2) is 0 Å². The van der Waals surface area contributed by atoms with E-state index in [4.69, 9.17) is 15.1 Å². The first-order valence-electron chi connectivity index (χ1n) is 16.5. The minimum absolute atomic E-state index is 0.194. The summed E-state index contributed by atoms with van der Waals surface area (Å²) >= 11 is 0. The third-order valence-corrected chi connectivity index (χ3v) is 8.97. The number of para-hydroxylation sites is 4. The van der Waals surface area contributed by atoms with E-state index >= 15 is 0 Å². The Hall–Kier alpha value is -5.26. The summed E-state index contributed by atoms with van der Waals surface area (Å²) in [5, 5.41) is 15.6. The van der Waals surface area contributed by atoms with Crippen LogP contribution in [0.5, 0.6) is 0 Å². The van der Waals surface area contributed by atoms with Crippen LogP contribution in [-0.4, -0.2) is 50.5 Å². The van der Waals surface area contributed by atoms with Gasteiger partial charge in [0.2, 0.25) is 11.9 Å². The van der Waals surface area contributed by atoms with E-state index < -0.39 is 0 Å². The van der Waals surface area contributed by atoms with Crippen molar-refractivity contribution in [2.45, 2.75) is 85.5 Å². The first kappa shape index (κ1) is 30.4. The summed E-state index contributed by atoms with van der Waals surface area (Å²) in [6.45, 7) is 8.40. The van der Waals surface area contributed by atoms with Gasteiger partial charge in [-0.15, -0.1) is 0 Å². The monoisotopic (exact) mass is 632 g/mol. The summed E-state index contributed by atoms with van der Waals surface area (Å²) in [6, 6.07) is 17.7. The maximum Gasteiger partial charge on any atom is 0.276 e. The molecular formula is C35H40N10O2. The van der Waals surface area contributed by atoms with Crippen LogP contribution in [0.4, 0.5) is 11.9 Å². The number of hydrogen-bond acceptors (Lipinski definition) is 6. The van der Waals surface area contributed by atoms with Gasteiger partial charge in [-0.05, 0) is 83.2 Å². The lowest BCUT2D eigenvalue weighted by Gasteiger charge is -2.13. The Morgan fingerprint density at radius 3 is 1.96 bits per heavy atom. The first-order chi connectivity index (χ1) is 22.9. The molecule has 0 saturated carbocycles. The number of nitrogens with zero attached hydrogens (tertiary/aromatic N) is 8. The number of carbonyl (C=O) groups excluding carboxylic acids is 2. The summed E-state index contributed by atoms with van der Waals surface area (Å²) in [5.41, 5.74) is 7.33. The molecule has 6 aromatic rings. The van der Waals surface area contributed by atoms with E-state index in [2.05, 4.69) is 24.9 Å². The molecule has 2 amide bonds. The molecule has 12 nitrogen and oxygen atoms in total. The van der Waals surface area contributed by atoms with Gasteiger partial charge in [0.1, 0.15) is 11.4 Å². The van der Waals surface area contributed by atoms with Crippen molar-refractivity contribution in [1.82, 2.24) is 38.7 Å². The third-order valence-electron chi connectivity index (χ3n) is 8.97. The Morgan fingerprint density at radius 1 is 0.723 bits per heavy atom. The van der Waals surface area contributed by atoms with E-state index in [1.165, 1.54) is 0 Å². The summed E-state index contributed by atoms with van der Waals surface area (Å²) in [5.74, 6) is 0.631. The van der Waals surface area contributed by atoms with Crippen molar-refractivity contribution in [3.05, 3.63) is 82.9 Å². The highest BCUT2D eigenvalue weighted by Crippen LogP contribution is 2.25. The number of hydrogen-bond donors (Lipinski definition) is 2. The Kier molecular flexibility index (Phi) is 8.32. The number of amides is 2. The third kappa shape index (κ3) is 5.91. The second kappa shape index (κ2) is 12.9. The van der Waals surface area contributed by atoms with Crippen molar-refractivity contribution >= 4 is 45.8 Å². The molecule has 1 aliphatic heterocycles. The molecule has 0 unspecified atom stereocenters. The van der Waals surface area contributed by atoms with Gasteiger partial charge in [-0.1, -0.05) is 30.7 Å². The lowest BCUT2D eigenvalue weighted by atomic mass is 10.0. The molecule has 0 atom stereocenters. The normalized spacial score (nSPS) is 15.3. The largest absolute Gasteiger partial charge is 0.310 e. The Morgan fingerprint density at radius 2 is 1.32 bits per heavy atom. The highest BCUT2D eigenvalue weighted by molar-refractivity contribution is 6.04. The van der Waals surface area contributed by atoms with Crippen LogP contribution in [0.2, 0.25) is 0 Å².